The van der Waals surface area contributed by atoms with Gasteiger partial charge in [0.15, 0.2) is 0 Å². The van der Waals surface area contributed by atoms with Crippen molar-refractivity contribution in [1.82, 2.24) is 9.80 Å². The monoisotopic (exact) mass is 389 g/mol. The maximum Gasteiger partial charge on any atom is 0.227 e. The maximum absolute atomic E-state index is 12.4. The van der Waals surface area contributed by atoms with Gasteiger partial charge in [-0.05, 0) is 36.5 Å². The number of anilines is 1. The highest BCUT2D eigenvalue weighted by Crippen LogP contribution is 2.17. The molecule has 142 valence electrons. The molecule has 0 bridgehead atoms. The molecule has 1 amide bonds. The van der Waals surface area contributed by atoms with Crippen molar-refractivity contribution < 1.29 is 9.53 Å². The molecule has 25 heavy (non-hydrogen) atoms. The van der Waals surface area contributed by atoms with Gasteiger partial charge in [-0.3, -0.25) is 9.69 Å². The molecule has 0 atom stereocenters. The first-order chi connectivity index (χ1) is 11.2. The number of nitrogen functional groups attached to an aromatic ring is 1. The number of carbonyl (C=O) groups excluding carboxylic acids is 1. The van der Waals surface area contributed by atoms with Crippen LogP contribution in [0.1, 0.15) is 18.4 Å². The second kappa shape index (κ2) is 10.9. The zero-order chi connectivity index (χ0) is 16.1. The van der Waals surface area contributed by atoms with Crippen LogP contribution in [-0.4, -0.2) is 61.6 Å². The highest BCUT2D eigenvalue weighted by Gasteiger charge is 2.24. The third-order valence-electron chi connectivity index (χ3n) is 4.92. The number of piperazine rings is 1. The van der Waals surface area contributed by atoms with Crippen LogP contribution in [0.4, 0.5) is 5.69 Å². The van der Waals surface area contributed by atoms with Crippen LogP contribution in [0.25, 0.3) is 0 Å². The summed E-state index contributed by atoms with van der Waals surface area (Å²) in [5.74, 6) is 0.987. The van der Waals surface area contributed by atoms with E-state index in [0.717, 1.165) is 63.1 Å². The molecule has 0 radical (unpaired) electrons. The molecule has 2 saturated heterocycles. The standard InChI is InChI=1S/C18H27N3O2.2ClH/c19-17-3-1-15(2-4-17)13-18(22)21-9-7-20(8-10-21)14-16-5-11-23-12-6-16;;/h1-4,16H,5-14,19H2;2*1H. The van der Waals surface area contributed by atoms with E-state index in [1.807, 2.05) is 29.2 Å². The first-order valence-electron chi connectivity index (χ1n) is 8.63. The van der Waals surface area contributed by atoms with Gasteiger partial charge in [-0.1, -0.05) is 12.1 Å². The lowest BCUT2D eigenvalue weighted by molar-refractivity contribution is -0.132. The number of ether oxygens (including phenoxy) is 1. The van der Waals surface area contributed by atoms with Gasteiger partial charge in [0.25, 0.3) is 0 Å². The Bertz CT molecular complexity index is 514. The van der Waals surface area contributed by atoms with E-state index in [1.54, 1.807) is 0 Å². The predicted molar refractivity (Wildman–Crippen MR) is 106 cm³/mol. The predicted octanol–water partition coefficient (Wildman–Crippen LogP) is 2.23. The molecule has 7 heteroatoms. The molecule has 2 aliphatic rings. The van der Waals surface area contributed by atoms with E-state index in [4.69, 9.17) is 10.5 Å². The molecule has 2 aliphatic heterocycles. The molecule has 3 rings (SSSR count). The minimum absolute atomic E-state index is 0. The number of nitrogens with zero attached hydrogens (tertiary/aromatic N) is 2. The Morgan fingerprint density at radius 3 is 2.24 bits per heavy atom. The van der Waals surface area contributed by atoms with Crippen molar-refractivity contribution in [2.24, 2.45) is 5.92 Å². The van der Waals surface area contributed by atoms with Crippen LogP contribution in [0.3, 0.4) is 0 Å². The Morgan fingerprint density at radius 1 is 1.04 bits per heavy atom. The number of nitrogens with two attached hydrogens (primary N) is 1. The van der Waals surface area contributed by atoms with E-state index in [-0.39, 0.29) is 30.7 Å². The summed E-state index contributed by atoms with van der Waals surface area (Å²) in [5, 5.41) is 0. The third-order valence-corrected chi connectivity index (χ3v) is 4.92. The van der Waals surface area contributed by atoms with Crippen LogP contribution >= 0.6 is 24.8 Å². The minimum atomic E-state index is 0. The minimum Gasteiger partial charge on any atom is -0.399 e. The van der Waals surface area contributed by atoms with Crippen LogP contribution in [0.15, 0.2) is 24.3 Å². The van der Waals surface area contributed by atoms with Crippen molar-refractivity contribution >= 4 is 36.4 Å². The van der Waals surface area contributed by atoms with Gasteiger partial charge in [0.05, 0.1) is 6.42 Å². The van der Waals surface area contributed by atoms with E-state index >= 15 is 0 Å². The first kappa shape index (κ1) is 22.0. The largest absolute Gasteiger partial charge is 0.399 e. The van der Waals surface area contributed by atoms with E-state index in [2.05, 4.69) is 4.90 Å². The molecule has 0 aliphatic carbocycles. The molecule has 1 aromatic carbocycles. The van der Waals surface area contributed by atoms with Crippen LogP contribution in [0.5, 0.6) is 0 Å². The number of halogens is 2. The Hall–Kier alpha value is -1.01. The van der Waals surface area contributed by atoms with Crippen molar-refractivity contribution in [1.29, 1.82) is 0 Å². The molecular formula is C18H29Cl2N3O2. The molecular weight excluding hydrogens is 361 g/mol. The average Bonchev–Trinajstić information content (AvgIpc) is 2.58. The van der Waals surface area contributed by atoms with Gasteiger partial charge in [0, 0.05) is 51.6 Å². The highest BCUT2D eigenvalue weighted by molar-refractivity contribution is 5.85. The van der Waals surface area contributed by atoms with Crippen LogP contribution < -0.4 is 5.73 Å². The molecule has 2 N–H and O–H groups in total. The average molecular weight is 390 g/mol. The first-order valence-corrected chi connectivity index (χ1v) is 8.63. The summed E-state index contributed by atoms with van der Waals surface area (Å²) in [6, 6.07) is 7.59. The Balaban J connectivity index is 0.00000156. The van der Waals surface area contributed by atoms with Gasteiger partial charge in [-0.15, -0.1) is 24.8 Å². The van der Waals surface area contributed by atoms with Gasteiger partial charge in [-0.2, -0.15) is 0 Å². The van der Waals surface area contributed by atoms with Crippen molar-refractivity contribution in [2.45, 2.75) is 19.3 Å². The summed E-state index contributed by atoms with van der Waals surface area (Å²) in [7, 11) is 0. The normalized spacial score (nSPS) is 19.0. The molecule has 2 fully saturated rings. The smallest absolute Gasteiger partial charge is 0.227 e. The number of hydrogen-bond donors (Lipinski definition) is 1. The quantitative estimate of drug-likeness (QED) is 0.802. The van der Waals surface area contributed by atoms with Gasteiger partial charge in [0.2, 0.25) is 5.91 Å². The van der Waals surface area contributed by atoms with Crippen LogP contribution in [0, 0.1) is 5.92 Å². The fraction of sp³-hybridized carbons (Fsp3) is 0.611. The summed E-state index contributed by atoms with van der Waals surface area (Å²) in [5.41, 5.74) is 7.46. The third kappa shape index (κ3) is 6.66. The van der Waals surface area contributed by atoms with E-state index in [0.29, 0.717) is 6.42 Å². The van der Waals surface area contributed by atoms with E-state index in [9.17, 15) is 4.79 Å². The lowest BCUT2D eigenvalue weighted by Crippen LogP contribution is -2.50. The Kier molecular flexibility index (Phi) is 9.57. The zero-order valence-corrected chi connectivity index (χ0v) is 16.2. The number of benzene rings is 1. The summed E-state index contributed by atoms with van der Waals surface area (Å²) in [6.07, 6.45) is 2.83. The maximum atomic E-state index is 12.4. The van der Waals surface area contributed by atoms with Gasteiger partial charge in [-0.25, -0.2) is 0 Å². The SMILES string of the molecule is Cl.Cl.Nc1ccc(CC(=O)N2CCN(CC3CCOCC3)CC2)cc1. The van der Waals surface area contributed by atoms with Crippen LogP contribution in [0.2, 0.25) is 0 Å². The number of amides is 1. The summed E-state index contributed by atoms with van der Waals surface area (Å²) in [4.78, 5) is 16.9. The summed E-state index contributed by atoms with van der Waals surface area (Å²) >= 11 is 0. The molecule has 0 saturated carbocycles. The van der Waals surface area contributed by atoms with Gasteiger partial charge < -0.3 is 15.4 Å². The lowest BCUT2D eigenvalue weighted by atomic mass is 9.99. The number of hydrogen-bond acceptors (Lipinski definition) is 4. The molecule has 0 spiro atoms. The second-order valence-electron chi connectivity index (χ2n) is 6.66. The topological polar surface area (TPSA) is 58.8 Å². The molecule has 2 heterocycles. The van der Waals surface area contributed by atoms with Crippen molar-refractivity contribution in [2.75, 3.05) is 51.7 Å². The van der Waals surface area contributed by atoms with E-state index in [1.165, 1.54) is 12.8 Å². The summed E-state index contributed by atoms with van der Waals surface area (Å²) in [6.45, 7) is 6.64. The van der Waals surface area contributed by atoms with E-state index < -0.39 is 0 Å². The van der Waals surface area contributed by atoms with Crippen LogP contribution in [-0.2, 0) is 16.0 Å². The Labute approximate surface area is 162 Å². The second-order valence-corrected chi connectivity index (χ2v) is 6.66. The zero-order valence-electron chi connectivity index (χ0n) is 14.6. The molecule has 5 nitrogen and oxygen atoms in total. The van der Waals surface area contributed by atoms with Crippen molar-refractivity contribution in [3.05, 3.63) is 29.8 Å². The molecule has 1 aromatic rings. The highest BCUT2D eigenvalue weighted by atomic mass is 35.5. The fourth-order valence-electron chi connectivity index (χ4n) is 3.40. The van der Waals surface area contributed by atoms with Crippen molar-refractivity contribution in [3.63, 3.8) is 0 Å². The fourth-order valence-corrected chi connectivity index (χ4v) is 3.40. The Morgan fingerprint density at radius 2 is 1.64 bits per heavy atom. The summed E-state index contributed by atoms with van der Waals surface area (Å²) < 4.78 is 5.42. The number of rotatable bonds is 4. The molecule has 0 unspecified atom stereocenters. The lowest BCUT2D eigenvalue weighted by Gasteiger charge is -2.37. The molecule has 0 aromatic heterocycles. The number of carbonyl (C=O) groups is 1. The van der Waals surface area contributed by atoms with Crippen molar-refractivity contribution in [3.8, 4) is 0 Å². The van der Waals surface area contributed by atoms with Gasteiger partial charge in [0.1, 0.15) is 0 Å². The van der Waals surface area contributed by atoms with Gasteiger partial charge >= 0.3 is 0 Å².